The van der Waals surface area contributed by atoms with E-state index >= 15 is 0 Å². The van der Waals surface area contributed by atoms with Crippen molar-refractivity contribution in [2.24, 2.45) is 0 Å². The molecule has 0 unspecified atom stereocenters. The number of pyridine rings is 1. The van der Waals surface area contributed by atoms with Crippen LogP contribution in [0.15, 0.2) is 22.8 Å². The van der Waals surface area contributed by atoms with Gasteiger partial charge in [0.15, 0.2) is 0 Å². The molecule has 3 nitrogen and oxygen atoms in total. The summed E-state index contributed by atoms with van der Waals surface area (Å²) in [4.78, 5) is 6.41. The van der Waals surface area contributed by atoms with E-state index in [0.717, 1.165) is 17.0 Å². The minimum atomic E-state index is -0.708. The molecule has 84 valence electrons. The maximum atomic E-state index is 9.77. The van der Waals surface area contributed by atoms with E-state index in [1.54, 1.807) is 13.8 Å². The van der Waals surface area contributed by atoms with Crippen LogP contribution in [-0.2, 0) is 0 Å². The number of hydrogen-bond acceptors (Lipinski definition) is 3. The third-order valence-corrected chi connectivity index (χ3v) is 2.43. The fourth-order valence-electron chi connectivity index (χ4n) is 1.40. The van der Waals surface area contributed by atoms with Crippen LogP contribution in [0.5, 0.6) is 0 Å². The zero-order valence-electron chi connectivity index (χ0n) is 9.37. The van der Waals surface area contributed by atoms with Gasteiger partial charge in [0, 0.05) is 13.1 Å². The number of likely N-dealkylation sites (N-methyl/N-ethyl adjacent to an activating group) is 1. The summed E-state index contributed by atoms with van der Waals surface area (Å²) in [5, 5.41) is 9.77. The molecule has 0 saturated carbocycles. The first kappa shape index (κ1) is 12.5. The maximum Gasteiger partial charge on any atom is 0.129 e. The van der Waals surface area contributed by atoms with Gasteiger partial charge in [-0.15, -0.1) is 0 Å². The van der Waals surface area contributed by atoms with Crippen molar-refractivity contribution in [3.63, 3.8) is 0 Å². The number of halogens is 1. The van der Waals surface area contributed by atoms with Crippen LogP contribution in [0, 0.1) is 0 Å². The smallest absolute Gasteiger partial charge is 0.129 e. The molecule has 0 aliphatic heterocycles. The molecule has 15 heavy (non-hydrogen) atoms. The topological polar surface area (TPSA) is 36.4 Å². The fraction of sp³-hybridized carbons (Fsp3) is 0.545. The van der Waals surface area contributed by atoms with Crippen LogP contribution in [0.4, 0.5) is 5.82 Å². The highest BCUT2D eigenvalue weighted by molar-refractivity contribution is 9.10. The van der Waals surface area contributed by atoms with Crippen LogP contribution in [0.2, 0.25) is 0 Å². The zero-order valence-corrected chi connectivity index (χ0v) is 11.0. The first-order valence-corrected chi connectivity index (χ1v) is 5.81. The summed E-state index contributed by atoms with van der Waals surface area (Å²) in [5.74, 6) is 0.883. The van der Waals surface area contributed by atoms with Gasteiger partial charge in [-0.1, -0.05) is 6.07 Å². The van der Waals surface area contributed by atoms with Gasteiger partial charge in [-0.3, -0.25) is 0 Å². The third-order valence-electron chi connectivity index (χ3n) is 1.98. The lowest BCUT2D eigenvalue weighted by Crippen LogP contribution is -2.39. The molecule has 0 aromatic carbocycles. The zero-order chi connectivity index (χ0) is 11.5. The van der Waals surface area contributed by atoms with E-state index in [9.17, 15) is 5.11 Å². The van der Waals surface area contributed by atoms with Crippen LogP contribution >= 0.6 is 15.9 Å². The van der Waals surface area contributed by atoms with E-state index in [-0.39, 0.29) is 0 Å². The van der Waals surface area contributed by atoms with E-state index in [1.165, 1.54) is 0 Å². The molecule has 4 heteroatoms. The van der Waals surface area contributed by atoms with Gasteiger partial charge in [0.25, 0.3) is 0 Å². The first-order chi connectivity index (χ1) is 6.92. The van der Waals surface area contributed by atoms with Crippen molar-refractivity contribution in [3.05, 3.63) is 22.8 Å². The molecule has 0 bridgehead atoms. The second-order valence-corrected chi connectivity index (χ2v) is 4.96. The molecule has 0 radical (unpaired) electrons. The number of aromatic nitrogens is 1. The van der Waals surface area contributed by atoms with Crippen LogP contribution < -0.4 is 4.90 Å². The van der Waals surface area contributed by atoms with Crippen molar-refractivity contribution in [2.75, 3.05) is 18.0 Å². The van der Waals surface area contributed by atoms with Gasteiger partial charge in [-0.2, -0.15) is 0 Å². The average Bonchev–Trinajstić information content (AvgIpc) is 2.13. The molecule has 0 amide bonds. The summed E-state index contributed by atoms with van der Waals surface area (Å²) in [5.41, 5.74) is -0.708. The molecular weight excluding hydrogens is 256 g/mol. The van der Waals surface area contributed by atoms with E-state index in [0.29, 0.717) is 6.54 Å². The number of aliphatic hydroxyl groups is 1. The van der Waals surface area contributed by atoms with Gasteiger partial charge >= 0.3 is 0 Å². The fourth-order valence-corrected chi connectivity index (χ4v) is 1.73. The first-order valence-electron chi connectivity index (χ1n) is 5.02. The lowest BCUT2D eigenvalue weighted by atomic mass is 10.1. The van der Waals surface area contributed by atoms with Crippen molar-refractivity contribution in [1.29, 1.82) is 0 Å². The Kier molecular flexibility index (Phi) is 4.11. The molecule has 0 saturated heterocycles. The Balaban J connectivity index is 2.83. The van der Waals surface area contributed by atoms with Gasteiger partial charge in [-0.05, 0) is 48.8 Å². The Bertz CT molecular complexity index is 323. The largest absolute Gasteiger partial charge is 0.389 e. The van der Waals surface area contributed by atoms with Crippen molar-refractivity contribution in [1.82, 2.24) is 4.98 Å². The highest BCUT2D eigenvalue weighted by atomic mass is 79.9. The lowest BCUT2D eigenvalue weighted by Gasteiger charge is -2.28. The molecule has 1 N–H and O–H groups in total. The van der Waals surface area contributed by atoms with Crippen molar-refractivity contribution >= 4 is 21.7 Å². The minimum absolute atomic E-state index is 0.576. The van der Waals surface area contributed by atoms with Crippen LogP contribution in [0.3, 0.4) is 0 Å². The van der Waals surface area contributed by atoms with Gasteiger partial charge in [0.1, 0.15) is 10.4 Å². The SMILES string of the molecule is CCN(CC(C)(C)O)c1cccc(Br)n1. The summed E-state index contributed by atoms with van der Waals surface area (Å²) in [6.45, 7) is 7.05. The highest BCUT2D eigenvalue weighted by Crippen LogP contribution is 2.17. The van der Waals surface area contributed by atoms with Crippen molar-refractivity contribution in [2.45, 2.75) is 26.4 Å². The summed E-state index contributed by atoms with van der Waals surface area (Å²) in [6, 6.07) is 5.78. The molecule has 1 aromatic rings. The maximum absolute atomic E-state index is 9.77. The van der Waals surface area contributed by atoms with Gasteiger partial charge in [0.05, 0.1) is 5.60 Å². The number of hydrogen-bond donors (Lipinski definition) is 1. The van der Waals surface area contributed by atoms with Crippen LogP contribution in [-0.4, -0.2) is 28.8 Å². The molecule has 0 fully saturated rings. The van der Waals surface area contributed by atoms with E-state index < -0.39 is 5.60 Å². The molecule has 0 aliphatic rings. The van der Waals surface area contributed by atoms with Crippen LogP contribution in [0.1, 0.15) is 20.8 Å². The Hall–Kier alpha value is -0.610. The molecule has 0 spiro atoms. The van der Waals surface area contributed by atoms with E-state index in [2.05, 4.69) is 20.9 Å². The molecule has 1 aromatic heterocycles. The summed E-state index contributed by atoms with van der Waals surface area (Å²) in [6.07, 6.45) is 0. The standard InChI is InChI=1S/C11H17BrN2O/c1-4-14(8-11(2,3)15)10-7-5-6-9(12)13-10/h5-7,15H,4,8H2,1-3H3. The Morgan fingerprint density at radius 1 is 1.47 bits per heavy atom. The minimum Gasteiger partial charge on any atom is -0.389 e. The number of anilines is 1. The quantitative estimate of drug-likeness (QED) is 0.856. The normalized spacial score (nSPS) is 11.5. The van der Waals surface area contributed by atoms with Gasteiger partial charge in [-0.25, -0.2) is 4.98 Å². The van der Waals surface area contributed by atoms with E-state index in [4.69, 9.17) is 0 Å². The molecule has 0 atom stereocenters. The lowest BCUT2D eigenvalue weighted by molar-refractivity contribution is 0.0874. The number of nitrogens with zero attached hydrogens (tertiary/aromatic N) is 2. The number of rotatable bonds is 4. The summed E-state index contributed by atoms with van der Waals surface area (Å²) in [7, 11) is 0. The van der Waals surface area contributed by atoms with E-state index in [1.807, 2.05) is 30.0 Å². The Morgan fingerprint density at radius 2 is 2.13 bits per heavy atom. The monoisotopic (exact) mass is 272 g/mol. The summed E-state index contributed by atoms with van der Waals surface area (Å²) >= 11 is 3.34. The molecule has 0 aliphatic carbocycles. The predicted molar refractivity (Wildman–Crippen MR) is 66.1 cm³/mol. The summed E-state index contributed by atoms with van der Waals surface area (Å²) < 4.78 is 0.814. The van der Waals surface area contributed by atoms with Crippen molar-refractivity contribution in [3.8, 4) is 0 Å². The molecule has 1 heterocycles. The second kappa shape index (κ2) is 4.94. The second-order valence-electron chi connectivity index (χ2n) is 4.15. The van der Waals surface area contributed by atoms with Crippen LogP contribution in [0.25, 0.3) is 0 Å². The Morgan fingerprint density at radius 3 is 2.60 bits per heavy atom. The van der Waals surface area contributed by atoms with Gasteiger partial charge in [0.2, 0.25) is 0 Å². The molecule has 1 rings (SSSR count). The van der Waals surface area contributed by atoms with Crippen molar-refractivity contribution < 1.29 is 5.11 Å². The predicted octanol–water partition coefficient (Wildman–Crippen LogP) is 2.44. The average molecular weight is 273 g/mol. The van der Waals surface area contributed by atoms with Gasteiger partial charge < -0.3 is 10.0 Å². The molecular formula is C11H17BrN2O. The third kappa shape index (κ3) is 4.18. The Labute approximate surface area is 99.3 Å². The highest BCUT2D eigenvalue weighted by Gasteiger charge is 2.18.